The summed E-state index contributed by atoms with van der Waals surface area (Å²) in [6.07, 6.45) is 6.52. The summed E-state index contributed by atoms with van der Waals surface area (Å²) in [5.41, 5.74) is 6.56. The molecular weight excluding hydrogens is 204 g/mol. The summed E-state index contributed by atoms with van der Waals surface area (Å²) in [5, 5.41) is 0. The molecule has 0 saturated heterocycles. The van der Waals surface area contributed by atoms with Crippen LogP contribution in [0.1, 0.15) is 42.4 Å². The second-order valence-electron chi connectivity index (χ2n) is 4.87. The molecule has 0 N–H and O–H groups in total. The van der Waals surface area contributed by atoms with Crippen molar-refractivity contribution in [2.24, 2.45) is 0 Å². The largest absolute Gasteiger partial charge is 0.0988 e. The van der Waals surface area contributed by atoms with Crippen LogP contribution in [0.5, 0.6) is 0 Å². The molecule has 1 aliphatic carbocycles. The number of rotatable bonds is 4. The second kappa shape index (κ2) is 4.75. The summed E-state index contributed by atoms with van der Waals surface area (Å²) in [7, 11) is 0. The first kappa shape index (κ1) is 11.9. The van der Waals surface area contributed by atoms with Gasteiger partial charge in [0.05, 0.1) is 0 Å². The van der Waals surface area contributed by atoms with E-state index in [4.69, 9.17) is 0 Å². The highest BCUT2D eigenvalue weighted by atomic mass is 14.3. The number of aryl methyl sites for hydroxylation is 1. The SMILES string of the molecule is C=C/C(C)=C(\C=C)c1cc(C)ccc1C1CC1. The van der Waals surface area contributed by atoms with E-state index >= 15 is 0 Å². The molecule has 0 heterocycles. The molecule has 0 nitrogen and oxygen atoms in total. The normalized spacial score (nSPS) is 16.4. The molecule has 0 spiro atoms. The van der Waals surface area contributed by atoms with Gasteiger partial charge in [0.2, 0.25) is 0 Å². The lowest BCUT2D eigenvalue weighted by atomic mass is 9.92. The molecule has 0 aromatic heterocycles. The maximum atomic E-state index is 3.95. The van der Waals surface area contributed by atoms with Crippen LogP contribution in [0, 0.1) is 6.92 Å². The Balaban J connectivity index is 2.59. The smallest absolute Gasteiger partial charge is 0.0144 e. The summed E-state index contributed by atoms with van der Waals surface area (Å²) in [5.74, 6) is 0.762. The fourth-order valence-corrected chi connectivity index (χ4v) is 2.25. The van der Waals surface area contributed by atoms with Gasteiger partial charge in [0, 0.05) is 0 Å². The van der Waals surface area contributed by atoms with E-state index in [-0.39, 0.29) is 0 Å². The fraction of sp³-hybridized carbons (Fsp3) is 0.294. The first-order valence-corrected chi connectivity index (χ1v) is 6.24. The lowest BCUT2D eigenvalue weighted by molar-refractivity contribution is 1.11. The van der Waals surface area contributed by atoms with Gasteiger partial charge in [-0.15, -0.1) is 0 Å². The molecule has 0 radical (unpaired) electrons. The molecule has 0 aliphatic heterocycles. The third kappa shape index (κ3) is 2.41. The second-order valence-corrected chi connectivity index (χ2v) is 4.87. The highest BCUT2D eigenvalue weighted by molar-refractivity contribution is 5.80. The highest BCUT2D eigenvalue weighted by Gasteiger charge is 2.26. The van der Waals surface area contributed by atoms with E-state index in [1.807, 2.05) is 12.2 Å². The van der Waals surface area contributed by atoms with Crippen molar-refractivity contribution < 1.29 is 0 Å². The van der Waals surface area contributed by atoms with Gasteiger partial charge in [-0.25, -0.2) is 0 Å². The van der Waals surface area contributed by atoms with Crippen molar-refractivity contribution >= 4 is 5.57 Å². The molecule has 2 rings (SSSR count). The minimum atomic E-state index is 0.762. The van der Waals surface area contributed by atoms with Crippen LogP contribution >= 0.6 is 0 Å². The first-order valence-electron chi connectivity index (χ1n) is 6.24. The maximum Gasteiger partial charge on any atom is -0.0144 e. The van der Waals surface area contributed by atoms with E-state index in [2.05, 4.69) is 45.2 Å². The van der Waals surface area contributed by atoms with Crippen LogP contribution in [0.2, 0.25) is 0 Å². The van der Waals surface area contributed by atoms with Crippen LogP contribution in [0.15, 0.2) is 49.1 Å². The lowest BCUT2D eigenvalue weighted by Crippen LogP contribution is -1.93. The van der Waals surface area contributed by atoms with Crippen LogP contribution in [-0.4, -0.2) is 0 Å². The third-order valence-electron chi connectivity index (χ3n) is 3.45. The average molecular weight is 224 g/mol. The summed E-state index contributed by atoms with van der Waals surface area (Å²) in [4.78, 5) is 0. The van der Waals surface area contributed by atoms with E-state index in [1.54, 1.807) is 0 Å². The molecule has 1 aromatic rings. The van der Waals surface area contributed by atoms with Crippen molar-refractivity contribution in [2.75, 3.05) is 0 Å². The number of benzene rings is 1. The van der Waals surface area contributed by atoms with Crippen molar-refractivity contribution in [3.05, 3.63) is 65.8 Å². The standard InChI is InChI=1S/C17H20/c1-5-13(4)15(6-2)17-11-12(3)7-10-16(17)14-8-9-14/h5-7,10-11,14H,1-2,8-9H2,3-4H3/b15-13+. The number of hydrogen-bond acceptors (Lipinski definition) is 0. The van der Waals surface area contributed by atoms with Gasteiger partial charge in [0.1, 0.15) is 0 Å². The van der Waals surface area contributed by atoms with E-state index < -0.39 is 0 Å². The predicted molar refractivity (Wildman–Crippen MR) is 76.1 cm³/mol. The van der Waals surface area contributed by atoms with Gasteiger partial charge in [0.15, 0.2) is 0 Å². The molecule has 1 fully saturated rings. The van der Waals surface area contributed by atoms with Crippen LogP contribution in [-0.2, 0) is 0 Å². The Morgan fingerprint density at radius 2 is 1.94 bits per heavy atom. The minimum absolute atomic E-state index is 0.762. The Kier molecular flexibility index (Phi) is 3.33. The first-order chi connectivity index (χ1) is 8.17. The predicted octanol–water partition coefficient (Wildman–Crippen LogP) is 5.02. The minimum Gasteiger partial charge on any atom is -0.0988 e. The molecule has 1 aromatic carbocycles. The van der Waals surface area contributed by atoms with Gasteiger partial charge in [-0.3, -0.25) is 0 Å². The van der Waals surface area contributed by atoms with Crippen molar-refractivity contribution in [1.82, 2.24) is 0 Å². The van der Waals surface area contributed by atoms with Crippen molar-refractivity contribution in [1.29, 1.82) is 0 Å². The van der Waals surface area contributed by atoms with E-state index in [9.17, 15) is 0 Å². The zero-order valence-electron chi connectivity index (χ0n) is 10.8. The van der Waals surface area contributed by atoms with E-state index in [1.165, 1.54) is 40.7 Å². The van der Waals surface area contributed by atoms with Crippen molar-refractivity contribution in [3.8, 4) is 0 Å². The third-order valence-corrected chi connectivity index (χ3v) is 3.45. The molecule has 1 aliphatic rings. The average Bonchev–Trinajstić information content (AvgIpc) is 3.14. The Hall–Kier alpha value is -1.56. The van der Waals surface area contributed by atoms with Gasteiger partial charge >= 0.3 is 0 Å². The Bertz CT molecular complexity index is 485. The van der Waals surface area contributed by atoms with E-state index in [0.29, 0.717) is 0 Å². The Labute approximate surface area is 104 Å². The molecule has 0 atom stereocenters. The molecular formula is C17H20. The van der Waals surface area contributed by atoms with Crippen LogP contribution in [0.25, 0.3) is 5.57 Å². The molecule has 0 bridgehead atoms. The van der Waals surface area contributed by atoms with Gasteiger partial charge < -0.3 is 0 Å². The monoisotopic (exact) mass is 224 g/mol. The van der Waals surface area contributed by atoms with Gasteiger partial charge in [-0.05, 0) is 54.9 Å². The summed E-state index contributed by atoms with van der Waals surface area (Å²) < 4.78 is 0. The lowest BCUT2D eigenvalue weighted by Gasteiger charge is -2.13. The maximum absolute atomic E-state index is 3.95. The van der Waals surface area contributed by atoms with Crippen molar-refractivity contribution in [2.45, 2.75) is 32.6 Å². The molecule has 88 valence electrons. The summed E-state index contributed by atoms with van der Waals surface area (Å²) >= 11 is 0. The molecule has 0 amide bonds. The van der Waals surface area contributed by atoms with Crippen LogP contribution < -0.4 is 0 Å². The zero-order chi connectivity index (χ0) is 12.4. The quantitative estimate of drug-likeness (QED) is 0.630. The van der Waals surface area contributed by atoms with Gasteiger partial charge in [-0.1, -0.05) is 49.1 Å². The topological polar surface area (TPSA) is 0 Å². The van der Waals surface area contributed by atoms with Gasteiger partial charge in [-0.2, -0.15) is 0 Å². The van der Waals surface area contributed by atoms with E-state index in [0.717, 1.165) is 5.92 Å². The van der Waals surface area contributed by atoms with Crippen LogP contribution in [0.4, 0.5) is 0 Å². The molecule has 1 saturated carbocycles. The van der Waals surface area contributed by atoms with Gasteiger partial charge in [0.25, 0.3) is 0 Å². The molecule has 0 heteroatoms. The van der Waals surface area contributed by atoms with Crippen molar-refractivity contribution in [3.63, 3.8) is 0 Å². The molecule has 17 heavy (non-hydrogen) atoms. The fourth-order valence-electron chi connectivity index (χ4n) is 2.25. The summed E-state index contributed by atoms with van der Waals surface area (Å²) in [6.45, 7) is 12.1. The highest BCUT2D eigenvalue weighted by Crippen LogP contribution is 2.44. The zero-order valence-corrected chi connectivity index (χ0v) is 10.8. The Morgan fingerprint density at radius 3 is 2.47 bits per heavy atom. The molecule has 0 unspecified atom stereocenters. The number of hydrogen-bond donors (Lipinski definition) is 0. The summed E-state index contributed by atoms with van der Waals surface area (Å²) in [6, 6.07) is 6.76. The van der Waals surface area contributed by atoms with Crippen LogP contribution in [0.3, 0.4) is 0 Å². The number of allylic oxidation sites excluding steroid dienone is 4. The Morgan fingerprint density at radius 1 is 1.24 bits per heavy atom.